The van der Waals surface area contributed by atoms with E-state index in [1.165, 1.54) is 0 Å². The number of nitrogens with zero attached hydrogens (tertiary/aromatic N) is 3. The molecule has 0 saturated carbocycles. The van der Waals surface area contributed by atoms with E-state index in [4.69, 9.17) is 9.47 Å². The number of benzene rings is 1. The fourth-order valence-corrected chi connectivity index (χ4v) is 2.41. The first kappa shape index (κ1) is 16.8. The van der Waals surface area contributed by atoms with Crippen molar-refractivity contribution < 1.29 is 14.3 Å². The maximum Gasteiger partial charge on any atom is 0.260 e. The van der Waals surface area contributed by atoms with Gasteiger partial charge in [-0.3, -0.25) is 9.20 Å². The van der Waals surface area contributed by atoms with E-state index >= 15 is 0 Å². The number of pyridine rings is 1. The number of carbonyl (C=O) groups excluding carboxylic acids is 1. The van der Waals surface area contributed by atoms with E-state index in [1.807, 2.05) is 28.8 Å². The smallest absolute Gasteiger partial charge is 0.260 e. The highest BCUT2D eigenvalue weighted by Crippen LogP contribution is 2.18. The second-order valence-electron chi connectivity index (χ2n) is 5.52. The third-order valence-electron chi connectivity index (χ3n) is 3.77. The quantitative estimate of drug-likeness (QED) is 0.710. The zero-order valence-electron chi connectivity index (χ0n) is 14.2. The number of hydrogen-bond acceptors (Lipinski definition) is 5. The molecule has 0 aliphatic rings. The Morgan fingerprint density at radius 2 is 1.92 bits per heavy atom. The van der Waals surface area contributed by atoms with Gasteiger partial charge >= 0.3 is 0 Å². The predicted octanol–water partition coefficient (Wildman–Crippen LogP) is 1.86. The Morgan fingerprint density at radius 3 is 2.68 bits per heavy atom. The molecule has 3 aromatic rings. The summed E-state index contributed by atoms with van der Waals surface area (Å²) >= 11 is 0. The van der Waals surface area contributed by atoms with Crippen LogP contribution in [0.2, 0.25) is 0 Å². The number of fused-ring (bicyclic) bond motifs is 1. The molecule has 0 saturated heterocycles. The molecule has 1 N–H and O–H groups in total. The molecule has 1 atom stereocenters. The summed E-state index contributed by atoms with van der Waals surface area (Å²) in [7, 11) is 1.60. The van der Waals surface area contributed by atoms with Gasteiger partial charge in [-0.2, -0.15) is 0 Å². The van der Waals surface area contributed by atoms with E-state index in [9.17, 15) is 4.79 Å². The lowest BCUT2D eigenvalue weighted by molar-refractivity contribution is -0.127. The number of aromatic nitrogens is 3. The molecule has 25 heavy (non-hydrogen) atoms. The number of hydrogen-bond donors (Lipinski definition) is 1. The van der Waals surface area contributed by atoms with Crippen molar-refractivity contribution in [1.29, 1.82) is 0 Å². The van der Waals surface area contributed by atoms with Crippen LogP contribution in [0, 0.1) is 0 Å². The van der Waals surface area contributed by atoms with E-state index in [1.54, 1.807) is 38.3 Å². The zero-order valence-corrected chi connectivity index (χ0v) is 14.2. The summed E-state index contributed by atoms with van der Waals surface area (Å²) in [4.78, 5) is 12.2. The first-order valence-electron chi connectivity index (χ1n) is 8.04. The summed E-state index contributed by atoms with van der Waals surface area (Å²) in [6, 6.07) is 12.8. The maximum atomic E-state index is 12.2. The van der Waals surface area contributed by atoms with Gasteiger partial charge in [-0.15, -0.1) is 10.2 Å². The molecule has 130 valence electrons. The molecular formula is C18H20N4O3. The van der Waals surface area contributed by atoms with Crippen molar-refractivity contribution in [3.05, 3.63) is 54.5 Å². The van der Waals surface area contributed by atoms with Gasteiger partial charge in [0.15, 0.2) is 11.8 Å². The van der Waals surface area contributed by atoms with Crippen molar-refractivity contribution in [2.45, 2.75) is 19.4 Å². The molecule has 3 rings (SSSR count). The molecule has 0 aliphatic carbocycles. The Morgan fingerprint density at radius 1 is 1.16 bits per heavy atom. The lowest BCUT2D eigenvalue weighted by Crippen LogP contribution is -2.37. The molecule has 0 bridgehead atoms. The Hall–Kier alpha value is -3.09. The molecule has 7 heteroatoms. The number of methoxy groups -OCH3 is 1. The fourth-order valence-electron chi connectivity index (χ4n) is 2.41. The summed E-state index contributed by atoms with van der Waals surface area (Å²) in [6.07, 6.45) is 1.90. The highest BCUT2D eigenvalue weighted by atomic mass is 16.5. The van der Waals surface area contributed by atoms with E-state index in [-0.39, 0.29) is 5.91 Å². The summed E-state index contributed by atoms with van der Waals surface area (Å²) in [6.45, 7) is 2.18. The second-order valence-corrected chi connectivity index (χ2v) is 5.52. The van der Waals surface area contributed by atoms with Crippen LogP contribution >= 0.6 is 0 Å². The molecule has 1 aromatic carbocycles. The van der Waals surface area contributed by atoms with Gasteiger partial charge in [0.2, 0.25) is 0 Å². The van der Waals surface area contributed by atoms with Crippen LogP contribution in [-0.4, -0.2) is 40.3 Å². The van der Waals surface area contributed by atoms with Crippen molar-refractivity contribution in [3.63, 3.8) is 0 Å². The number of carbonyl (C=O) groups is 1. The van der Waals surface area contributed by atoms with Gasteiger partial charge in [0.05, 0.1) is 7.11 Å². The minimum Gasteiger partial charge on any atom is -0.497 e. The highest BCUT2D eigenvalue weighted by molar-refractivity contribution is 5.80. The van der Waals surface area contributed by atoms with Crippen LogP contribution in [0.25, 0.3) is 5.65 Å². The van der Waals surface area contributed by atoms with E-state index in [0.717, 1.165) is 17.2 Å². The van der Waals surface area contributed by atoms with Crippen LogP contribution in [0.3, 0.4) is 0 Å². The minimum atomic E-state index is -0.594. The Balaban J connectivity index is 1.49. The maximum absolute atomic E-state index is 12.2. The molecule has 1 unspecified atom stereocenters. The van der Waals surface area contributed by atoms with Crippen LogP contribution in [0.5, 0.6) is 11.5 Å². The average molecular weight is 340 g/mol. The highest BCUT2D eigenvalue weighted by Gasteiger charge is 2.14. The molecule has 2 aromatic heterocycles. The summed E-state index contributed by atoms with van der Waals surface area (Å²) < 4.78 is 12.6. The summed E-state index contributed by atoms with van der Waals surface area (Å²) in [5, 5.41) is 11.1. The standard InChI is InChI=1S/C18H20N4O3/c1-13(25-15-8-6-14(24-2)7-9-15)18(23)19-11-10-17-21-20-16-5-3-4-12-22(16)17/h3-9,12-13H,10-11H2,1-2H3,(H,19,23). The van der Waals surface area contributed by atoms with Crippen LogP contribution < -0.4 is 14.8 Å². The van der Waals surface area contributed by atoms with Crippen molar-refractivity contribution >= 4 is 11.6 Å². The van der Waals surface area contributed by atoms with E-state index in [2.05, 4.69) is 15.5 Å². The van der Waals surface area contributed by atoms with Gasteiger partial charge < -0.3 is 14.8 Å². The molecule has 2 heterocycles. The van der Waals surface area contributed by atoms with Crippen LogP contribution in [-0.2, 0) is 11.2 Å². The lowest BCUT2D eigenvalue weighted by atomic mass is 10.3. The van der Waals surface area contributed by atoms with Gasteiger partial charge in [-0.05, 0) is 43.3 Å². The van der Waals surface area contributed by atoms with Crippen molar-refractivity contribution in [2.24, 2.45) is 0 Å². The lowest BCUT2D eigenvalue weighted by Gasteiger charge is -2.14. The molecule has 0 spiro atoms. The SMILES string of the molecule is COc1ccc(OC(C)C(=O)NCCc2nnc3ccccn23)cc1. The Labute approximate surface area is 145 Å². The second kappa shape index (κ2) is 7.65. The molecule has 1 amide bonds. The predicted molar refractivity (Wildman–Crippen MR) is 92.8 cm³/mol. The van der Waals surface area contributed by atoms with Gasteiger partial charge in [0.1, 0.15) is 17.3 Å². The third kappa shape index (κ3) is 4.06. The van der Waals surface area contributed by atoms with Crippen molar-refractivity contribution in [3.8, 4) is 11.5 Å². The van der Waals surface area contributed by atoms with Crippen LogP contribution in [0.4, 0.5) is 0 Å². The van der Waals surface area contributed by atoms with E-state index < -0.39 is 6.10 Å². The summed E-state index contributed by atoms with van der Waals surface area (Å²) in [5.41, 5.74) is 0.792. The number of nitrogens with one attached hydrogen (secondary N) is 1. The molecule has 0 radical (unpaired) electrons. The Kier molecular flexibility index (Phi) is 5.13. The largest absolute Gasteiger partial charge is 0.497 e. The van der Waals surface area contributed by atoms with Crippen LogP contribution in [0.1, 0.15) is 12.7 Å². The molecule has 0 fully saturated rings. The molecule has 7 nitrogen and oxygen atoms in total. The number of rotatable bonds is 7. The van der Waals surface area contributed by atoms with Gasteiger partial charge in [0, 0.05) is 19.2 Å². The number of ether oxygens (including phenoxy) is 2. The molecule has 0 aliphatic heterocycles. The van der Waals surface area contributed by atoms with E-state index in [0.29, 0.717) is 18.7 Å². The summed E-state index contributed by atoms with van der Waals surface area (Å²) in [5.74, 6) is 1.99. The van der Waals surface area contributed by atoms with Gasteiger partial charge in [0.25, 0.3) is 5.91 Å². The Bertz CT molecular complexity index is 845. The zero-order chi connectivity index (χ0) is 17.6. The van der Waals surface area contributed by atoms with Crippen molar-refractivity contribution in [2.75, 3.05) is 13.7 Å². The third-order valence-corrected chi connectivity index (χ3v) is 3.77. The normalized spacial score (nSPS) is 11.9. The van der Waals surface area contributed by atoms with Crippen LogP contribution in [0.15, 0.2) is 48.7 Å². The first-order valence-corrected chi connectivity index (χ1v) is 8.04. The van der Waals surface area contributed by atoms with Gasteiger partial charge in [-0.25, -0.2) is 0 Å². The van der Waals surface area contributed by atoms with Crippen molar-refractivity contribution in [1.82, 2.24) is 19.9 Å². The topological polar surface area (TPSA) is 77.8 Å². The monoisotopic (exact) mass is 340 g/mol. The minimum absolute atomic E-state index is 0.176. The number of amides is 1. The average Bonchev–Trinajstić information content (AvgIpc) is 3.05. The van der Waals surface area contributed by atoms with Gasteiger partial charge in [-0.1, -0.05) is 6.07 Å². The first-order chi connectivity index (χ1) is 12.2. The molecular weight excluding hydrogens is 320 g/mol. The fraction of sp³-hybridized carbons (Fsp3) is 0.278.